The third-order valence-corrected chi connectivity index (χ3v) is 12.6. The van der Waals surface area contributed by atoms with Crippen molar-refractivity contribution in [3.8, 4) is 11.4 Å². The quantitative estimate of drug-likeness (QED) is 0.0383. The third-order valence-electron chi connectivity index (χ3n) is 12.6. The second kappa shape index (κ2) is 35.6. The summed E-state index contributed by atoms with van der Waals surface area (Å²) in [6.45, 7) is 22.7. The van der Waals surface area contributed by atoms with Crippen LogP contribution in [-0.2, 0) is 24.3 Å². The van der Waals surface area contributed by atoms with Crippen molar-refractivity contribution in [3.05, 3.63) is 171 Å². The van der Waals surface area contributed by atoms with Crippen LogP contribution in [0.5, 0.6) is 0 Å². The van der Waals surface area contributed by atoms with Crippen molar-refractivity contribution in [1.29, 1.82) is 0 Å². The summed E-state index contributed by atoms with van der Waals surface area (Å²) >= 11 is 7.40. The summed E-state index contributed by atoms with van der Waals surface area (Å²) in [7, 11) is 0. The number of carboxylic acid groups (broad SMARTS) is 2. The number of unbranched alkanes of at least 4 members (excludes halogenated alkanes) is 4. The first-order valence-electron chi connectivity index (χ1n) is 25.3. The van der Waals surface area contributed by atoms with Crippen molar-refractivity contribution in [2.45, 2.75) is 107 Å². The number of thiocarbonyl (C=S) groups is 2. The first-order chi connectivity index (χ1) is 35.7. The largest absolute Gasteiger partial charge is 3.00 e. The van der Waals surface area contributed by atoms with Gasteiger partial charge >= 0.3 is 31.4 Å². The van der Waals surface area contributed by atoms with Crippen molar-refractivity contribution in [2.75, 3.05) is 42.5 Å². The number of allylic oxidation sites excluding steroid dienone is 4. The fraction of sp³-hybridized carbons (Fsp3) is 0.350. The number of benzene rings is 2. The maximum atomic E-state index is 10.8. The number of rotatable bonds is 22. The zero-order valence-electron chi connectivity index (χ0n) is 44.6. The molecule has 1 aliphatic rings. The van der Waals surface area contributed by atoms with Crippen LogP contribution in [0.2, 0.25) is 0 Å². The van der Waals surface area contributed by atoms with Gasteiger partial charge in [0.15, 0.2) is 0 Å². The molecule has 15 heteroatoms. The van der Waals surface area contributed by atoms with Gasteiger partial charge in [0.05, 0.1) is 22.5 Å². The molecular formula is C60H71N8O4RuS2. The summed E-state index contributed by atoms with van der Waals surface area (Å²) in [6.07, 6.45) is 17.8. The molecular weight excluding hydrogens is 1060 g/mol. The van der Waals surface area contributed by atoms with E-state index in [2.05, 4.69) is 173 Å². The predicted octanol–water partition coefficient (Wildman–Crippen LogP) is 15.7. The van der Waals surface area contributed by atoms with Crippen molar-refractivity contribution in [3.63, 3.8) is 0 Å². The van der Waals surface area contributed by atoms with Crippen LogP contribution in [0.3, 0.4) is 0 Å². The van der Waals surface area contributed by atoms with Gasteiger partial charge in [0, 0.05) is 61.8 Å². The van der Waals surface area contributed by atoms with Crippen molar-refractivity contribution in [1.82, 2.24) is 15.0 Å². The van der Waals surface area contributed by atoms with Crippen LogP contribution < -0.4 is 9.80 Å². The third kappa shape index (κ3) is 20.9. The Balaban J connectivity index is 0.000000636. The summed E-state index contributed by atoms with van der Waals surface area (Å²) in [5.74, 6) is -2.11. The maximum absolute atomic E-state index is 10.8. The molecule has 2 aromatic carbocycles. The zero-order chi connectivity index (χ0) is 54.4. The topological polar surface area (TPSA) is 178 Å². The van der Waals surface area contributed by atoms with E-state index in [1.54, 1.807) is 0 Å². The molecule has 2 N–H and O–H groups in total. The monoisotopic (exact) mass is 1130 g/mol. The van der Waals surface area contributed by atoms with Crippen LogP contribution in [0.4, 0.5) is 11.4 Å². The number of hydrogen-bond donors (Lipinski definition) is 2. The number of carbonyl (C=O) groups is 2. The summed E-state index contributed by atoms with van der Waals surface area (Å²) in [4.78, 5) is 40.3. The molecule has 12 nitrogen and oxygen atoms in total. The van der Waals surface area contributed by atoms with E-state index in [9.17, 15) is 9.59 Å². The molecule has 0 aliphatic carbocycles. The predicted molar refractivity (Wildman–Crippen MR) is 316 cm³/mol. The van der Waals surface area contributed by atoms with Gasteiger partial charge in [-0.2, -0.15) is 10.3 Å². The van der Waals surface area contributed by atoms with E-state index in [0.29, 0.717) is 11.4 Å². The Hall–Kier alpha value is -6.59. The van der Waals surface area contributed by atoms with Crippen LogP contribution in [0, 0.1) is 0 Å². The summed E-state index contributed by atoms with van der Waals surface area (Å²) in [5, 5.41) is 38.8. The SMILES string of the molecule is CCCCN(CCCC)c1ccc(/C(C)=C(\C)c2ccnc(-c3cc(/C(C)=C(\C)c4ccc(N(CCCC)CCCC)cc4)ccn3)c2)cc1.O=C(O)C1=CC[N-]C(c2cc(C(=O)O)ccn2)=C1.[N-]=C=S.[N-]=C=S.[Ru+3]. The molecule has 1 aliphatic heterocycles. The van der Waals surface area contributed by atoms with E-state index in [-0.39, 0.29) is 37.2 Å². The fourth-order valence-electron chi connectivity index (χ4n) is 7.96. The molecule has 75 heavy (non-hydrogen) atoms. The number of anilines is 2. The van der Waals surface area contributed by atoms with Crippen LogP contribution >= 0.6 is 24.4 Å². The Labute approximate surface area is 469 Å². The molecule has 5 aromatic rings. The molecule has 1 radical (unpaired) electrons. The van der Waals surface area contributed by atoms with E-state index in [0.717, 1.165) is 37.6 Å². The minimum atomic E-state index is -1.07. The summed E-state index contributed by atoms with van der Waals surface area (Å²) < 4.78 is 0. The summed E-state index contributed by atoms with van der Waals surface area (Å²) in [6, 6.07) is 29.7. The minimum Gasteiger partial charge on any atom is -0.753 e. The Morgan fingerprint density at radius 3 is 1.23 bits per heavy atom. The number of carboxylic acids is 2. The number of isothiocyanates is 2. The Morgan fingerprint density at radius 2 is 0.880 bits per heavy atom. The molecule has 0 amide bonds. The molecule has 0 saturated heterocycles. The molecule has 4 heterocycles. The van der Waals surface area contributed by atoms with E-state index in [1.807, 2.05) is 12.4 Å². The second-order valence-corrected chi connectivity index (χ2v) is 18.0. The summed E-state index contributed by atoms with van der Waals surface area (Å²) in [5.41, 5.74) is 15.3. The molecule has 0 unspecified atom stereocenters. The second-order valence-electron chi connectivity index (χ2n) is 17.6. The average molecular weight is 1130 g/mol. The van der Waals surface area contributed by atoms with E-state index >= 15 is 0 Å². The van der Waals surface area contributed by atoms with Gasteiger partial charge in [0.1, 0.15) is 0 Å². The Kier molecular flexibility index (Phi) is 30.6. The average Bonchev–Trinajstić information content (AvgIpc) is 3.43. The fourth-order valence-corrected chi connectivity index (χ4v) is 7.96. The molecule has 0 saturated carbocycles. The first kappa shape index (κ1) is 64.5. The van der Waals surface area contributed by atoms with Gasteiger partial charge in [-0.25, -0.2) is 9.59 Å². The van der Waals surface area contributed by atoms with Gasteiger partial charge in [-0.1, -0.05) is 114 Å². The smallest absolute Gasteiger partial charge is 0.753 e. The number of aromatic nitrogens is 3. The van der Waals surface area contributed by atoms with Gasteiger partial charge in [-0.3, -0.25) is 15.0 Å². The van der Waals surface area contributed by atoms with Gasteiger partial charge < -0.3 is 36.1 Å². The standard InChI is InChI=1S/C46H62N4.C12H9N2O4.2CNS.Ru/c1-9-13-29-49(30-14-10-2)43-21-17-39(18-22-43)35(5)37(7)41-25-27-47-45(33-41)46-34-42(26-28-48-46)38(8)36(6)40-19-23-44(24-20-40)50(31-15-11-3)32-16-12-4;15-11(16)7-1-3-13-9(5-7)10-6-8(12(17)18)2-4-14-10;2*2-1-3;/h17-28,33-34H,9-16,29-32H2,1-8H3;1-3,5-6H,4H2,(H,15,16)(H,17,18);;;/q;3*-1;+3/b37-35+,38-36+;;;;. The Bertz CT molecular complexity index is 2640. The zero-order valence-corrected chi connectivity index (χ0v) is 48.0. The van der Waals surface area contributed by atoms with Crippen LogP contribution in [0.25, 0.3) is 55.5 Å². The van der Waals surface area contributed by atoms with E-state index < -0.39 is 11.9 Å². The number of hydrogen-bond acceptors (Lipinski definition) is 9. The first-order valence-corrected chi connectivity index (χ1v) is 26.1. The molecule has 3 aromatic heterocycles. The molecule has 395 valence electrons. The van der Waals surface area contributed by atoms with Crippen LogP contribution in [-0.4, -0.2) is 80.1 Å². The molecule has 0 fully saturated rings. The minimum absolute atomic E-state index is 0. The van der Waals surface area contributed by atoms with Gasteiger partial charge in [0.2, 0.25) is 0 Å². The van der Waals surface area contributed by atoms with E-state index in [1.165, 1.54) is 148 Å². The number of pyridine rings is 3. The molecule has 6 rings (SSSR count). The normalized spacial score (nSPS) is 11.9. The van der Waals surface area contributed by atoms with Crippen LogP contribution in [0.15, 0.2) is 121 Å². The molecule has 0 atom stereocenters. The molecule has 0 spiro atoms. The van der Waals surface area contributed by atoms with Gasteiger partial charge in [-0.15, -0.1) is 12.2 Å². The van der Waals surface area contributed by atoms with Crippen molar-refractivity contribution >= 4 is 86.1 Å². The van der Waals surface area contributed by atoms with E-state index in [4.69, 9.17) is 31.0 Å². The van der Waals surface area contributed by atoms with Gasteiger partial charge in [-0.05, 0) is 159 Å². The van der Waals surface area contributed by atoms with Crippen LogP contribution in [0.1, 0.15) is 145 Å². The number of nitrogens with zero attached hydrogens (tertiary/aromatic N) is 8. The maximum Gasteiger partial charge on any atom is 3.00 e. The Morgan fingerprint density at radius 1 is 0.547 bits per heavy atom. The number of aliphatic carboxylic acids is 1. The number of aromatic carboxylic acids is 1. The van der Waals surface area contributed by atoms with Crippen molar-refractivity contribution in [2.24, 2.45) is 0 Å². The molecule has 0 bridgehead atoms. The van der Waals surface area contributed by atoms with Gasteiger partial charge in [0.25, 0.3) is 0 Å². The van der Waals surface area contributed by atoms with Crippen molar-refractivity contribution < 1.29 is 39.3 Å².